The largest absolute Gasteiger partial charge is 0.496 e. The van der Waals surface area contributed by atoms with Crippen molar-refractivity contribution >= 4 is 11.8 Å². The third kappa shape index (κ3) is 5.04. The van der Waals surface area contributed by atoms with Gasteiger partial charge in [-0.25, -0.2) is 0 Å². The number of hydrogen-bond donors (Lipinski definition) is 2. The molecule has 6 nitrogen and oxygen atoms in total. The van der Waals surface area contributed by atoms with Crippen LogP contribution in [0.4, 0.5) is 0 Å². The number of pyridine rings is 1. The zero-order chi connectivity index (χ0) is 18.2. The van der Waals surface area contributed by atoms with Gasteiger partial charge in [-0.3, -0.25) is 14.6 Å². The topological polar surface area (TPSA) is 80.3 Å². The number of aromatic nitrogens is 1. The van der Waals surface area contributed by atoms with Crippen molar-refractivity contribution in [3.8, 4) is 5.75 Å². The lowest BCUT2D eigenvalue weighted by Gasteiger charge is -2.22. The van der Waals surface area contributed by atoms with Crippen LogP contribution in [-0.2, 0) is 11.3 Å². The van der Waals surface area contributed by atoms with Gasteiger partial charge in [0.25, 0.3) is 5.91 Å². The highest BCUT2D eigenvalue weighted by Crippen LogP contribution is 2.17. The molecule has 0 aliphatic heterocycles. The number of rotatable bonds is 7. The van der Waals surface area contributed by atoms with Gasteiger partial charge in [-0.05, 0) is 29.7 Å². The molecule has 2 aromatic rings. The van der Waals surface area contributed by atoms with Gasteiger partial charge < -0.3 is 15.4 Å². The molecule has 0 unspecified atom stereocenters. The zero-order valence-electron chi connectivity index (χ0n) is 14.7. The Bertz CT molecular complexity index is 717. The van der Waals surface area contributed by atoms with Gasteiger partial charge in [-0.1, -0.05) is 32.0 Å². The summed E-state index contributed by atoms with van der Waals surface area (Å²) in [4.78, 5) is 29.1. The number of hydrogen-bond acceptors (Lipinski definition) is 4. The first kappa shape index (κ1) is 18.4. The van der Waals surface area contributed by atoms with E-state index in [-0.39, 0.29) is 17.7 Å². The van der Waals surface area contributed by atoms with E-state index >= 15 is 0 Å². The number of para-hydroxylation sites is 1. The minimum absolute atomic E-state index is 0.0624. The summed E-state index contributed by atoms with van der Waals surface area (Å²) in [7, 11) is 1.51. The number of amides is 2. The summed E-state index contributed by atoms with van der Waals surface area (Å²) in [6.45, 7) is 4.13. The van der Waals surface area contributed by atoms with E-state index in [2.05, 4.69) is 15.6 Å². The van der Waals surface area contributed by atoms with E-state index in [1.807, 2.05) is 26.0 Å². The predicted octanol–water partition coefficient (Wildman–Crippen LogP) is 2.16. The van der Waals surface area contributed by atoms with E-state index in [0.29, 0.717) is 17.9 Å². The van der Waals surface area contributed by atoms with Crippen LogP contribution in [0, 0.1) is 5.92 Å². The maximum absolute atomic E-state index is 12.5. The highest BCUT2D eigenvalue weighted by atomic mass is 16.5. The maximum Gasteiger partial charge on any atom is 0.255 e. The van der Waals surface area contributed by atoms with Crippen LogP contribution in [-0.4, -0.2) is 29.9 Å². The van der Waals surface area contributed by atoms with E-state index in [1.165, 1.54) is 7.11 Å². The first-order chi connectivity index (χ1) is 12.0. The number of nitrogens with zero attached hydrogens (tertiary/aromatic N) is 1. The second-order valence-electron chi connectivity index (χ2n) is 5.97. The third-order valence-corrected chi connectivity index (χ3v) is 3.78. The fourth-order valence-corrected chi connectivity index (χ4v) is 2.39. The Hall–Kier alpha value is -2.89. The van der Waals surface area contributed by atoms with Gasteiger partial charge in [0.05, 0.1) is 12.7 Å². The molecule has 0 spiro atoms. The average Bonchev–Trinajstić information content (AvgIpc) is 2.64. The second kappa shape index (κ2) is 8.82. The Morgan fingerprint density at radius 3 is 2.56 bits per heavy atom. The van der Waals surface area contributed by atoms with Crippen LogP contribution in [0.5, 0.6) is 5.75 Å². The number of benzene rings is 1. The molecule has 1 aromatic carbocycles. The summed E-state index contributed by atoms with van der Waals surface area (Å²) in [5.74, 6) is -0.166. The molecule has 25 heavy (non-hydrogen) atoms. The summed E-state index contributed by atoms with van der Waals surface area (Å²) >= 11 is 0. The SMILES string of the molecule is COc1ccccc1C(=O)N[C@H](C(=O)NCc1cccnc1)C(C)C. The molecule has 0 radical (unpaired) electrons. The normalized spacial score (nSPS) is 11.7. The Morgan fingerprint density at radius 2 is 1.92 bits per heavy atom. The molecule has 0 bridgehead atoms. The first-order valence-corrected chi connectivity index (χ1v) is 8.13. The molecular formula is C19H23N3O3. The van der Waals surface area contributed by atoms with Crippen LogP contribution in [0.2, 0.25) is 0 Å². The summed E-state index contributed by atoms with van der Waals surface area (Å²) in [5, 5.41) is 5.64. The average molecular weight is 341 g/mol. The number of nitrogens with one attached hydrogen (secondary N) is 2. The Balaban J connectivity index is 2.04. The standard InChI is InChI=1S/C19H23N3O3/c1-13(2)17(19(24)21-12-14-7-6-10-20-11-14)22-18(23)15-8-4-5-9-16(15)25-3/h4-11,13,17H,12H2,1-3H3,(H,21,24)(H,22,23)/t17-/m0/s1. The summed E-state index contributed by atoms with van der Waals surface area (Å²) in [6.07, 6.45) is 3.37. The molecule has 1 heterocycles. The van der Waals surface area contributed by atoms with Crippen molar-refractivity contribution in [1.29, 1.82) is 0 Å². The van der Waals surface area contributed by atoms with Crippen LogP contribution in [0.25, 0.3) is 0 Å². The number of ether oxygens (including phenoxy) is 1. The molecule has 2 amide bonds. The molecule has 0 saturated heterocycles. The predicted molar refractivity (Wildman–Crippen MR) is 95.2 cm³/mol. The minimum atomic E-state index is -0.644. The van der Waals surface area contributed by atoms with Gasteiger partial charge in [0.2, 0.25) is 5.91 Å². The molecule has 0 fully saturated rings. The highest BCUT2D eigenvalue weighted by Gasteiger charge is 2.25. The van der Waals surface area contributed by atoms with Gasteiger partial charge in [-0.15, -0.1) is 0 Å². The van der Waals surface area contributed by atoms with Crippen LogP contribution < -0.4 is 15.4 Å². The minimum Gasteiger partial charge on any atom is -0.496 e. The van der Waals surface area contributed by atoms with Crippen molar-refractivity contribution in [3.63, 3.8) is 0 Å². The van der Waals surface area contributed by atoms with Crippen molar-refractivity contribution in [2.24, 2.45) is 5.92 Å². The Labute approximate surface area is 147 Å². The van der Waals surface area contributed by atoms with Gasteiger partial charge >= 0.3 is 0 Å². The number of carbonyl (C=O) groups excluding carboxylic acids is 2. The smallest absolute Gasteiger partial charge is 0.255 e. The van der Waals surface area contributed by atoms with E-state index in [4.69, 9.17) is 4.74 Å². The third-order valence-electron chi connectivity index (χ3n) is 3.78. The monoisotopic (exact) mass is 341 g/mol. The molecular weight excluding hydrogens is 318 g/mol. The van der Waals surface area contributed by atoms with Gasteiger partial charge in [0.15, 0.2) is 0 Å². The fraction of sp³-hybridized carbons (Fsp3) is 0.316. The van der Waals surface area contributed by atoms with Crippen molar-refractivity contribution in [3.05, 3.63) is 59.9 Å². The van der Waals surface area contributed by atoms with E-state index in [1.54, 1.807) is 36.7 Å². The van der Waals surface area contributed by atoms with Gasteiger partial charge in [0, 0.05) is 18.9 Å². The maximum atomic E-state index is 12.5. The van der Waals surface area contributed by atoms with Crippen molar-refractivity contribution in [2.75, 3.05) is 7.11 Å². The molecule has 0 aliphatic carbocycles. The summed E-state index contributed by atoms with van der Waals surface area (Å²) in [6, 6.07) is 9.96. The van der Waals surface area contributed by atoms with Crippen LogP contribution in [0.1, 0.15) is 29.8 Å². The summed E-state index contributed by atoms with van der Waals surface area (Å²) < 4.78 is 5.21. The lowest BCUT2D eigenvalue weighted by Crippen LogP contribution is -2.49. The Kier molecular flexibility index (Phi) is 6.51. The van der Waals surface area contributed by atoms with Crippen molar-refractivity contribution in [1.82, 2.24) is 15.6 Å². The summed E-state index contributed by atoms with van der Waals surface area (Å²) in [5.41, 5.74) is 1.30. The van der Waals surface area contributed by atoms with Crippen LogP contribution in [0.15, 0.2) is 48.8 Å². The van der Waals surface area contributed by atoms with Crippen LogP contribution in [0.3, 0.4) is 0 Å². The fourth-order valence-electron chi connectivity index (χ4n) is 2.39. The van der Waals surface area contributed by atoms with Crippen molar-refractivity contribution in [2.45, 2.75) is 26.4 Å². The lowest BCUT2D eigenvalue weighted by molar-refractivity contribution is -0.124. The quantitative estimate of drug-likeness (QED) is 0.809. The number of methoxy groups -OCH3 is 1. The molecule has 132 valence electrons. The second-order valence-corrected chi connectivity index (χ2v) is 5.97. The van der Waals surface area contributed by atoms with Crippen molar-refractivity contribution < 1.29 is 14.3 Å². The molecule has 6 heteroatoms. The molecule has 1 aromatic heterocycles. The molecule has 0 aliphatic rings. The first-order valence-electron chi connectivity index (χ1n) is 8.13. The highest BCUT2D eigenvalue weighted by molar-refractivity contribution is 5.99. The van der Waals surface area contributed by atoms with E-state index in [0.717, 1.165) is 5.56 Å². The van der Waals surface area contributed by atoms with Gasteiger partial charge in [-0.2, -0.15) is 0 Å². The molecule has 0 saturated carbocycles. The molecule has 1 atom stereocenters. The van der Waals surface area contributed by atoms with Gasteiger partial charge in [0.1, 0.15) is 11.8 Å². The Morgan fingerprint density at radius 1 is 1.16 bits per heavy atom. The zero-order valence-corrected chi connectivity index (χ0v) is 14.7. The molecule has 2 rings (SSSR count). The van der Waals surface area contributed by atoms with Crippen LogP contribution >= 0.6 is 0 Å². The van der Waals surface area contributed by atoms with E-state index in [9.17, 15) is 9.59 Å². The lowest BCUT2D eigenvalue weighted by atomic mass is 10.0. The molecule has 2 N–H and O–H groups in total. The number of carbonyl (C=O) groups is 2. The van der Waals surface area contributed by atoms with E-state index < -0.39 is 6.04 Å².